The first-order chi connectivity index (χ1) is 42.8. The van der Waals surface area contributed by atoms with Crippen molar-refractivity contribution < 1.29 is 33.4 Å². The number of carbonyl (C=O) groups excluding carboxylic acids is 2. The van der Waals surface area contributed by atoms with Crippen molar-refractivity contribution in [3.05, 3.63) is 135 Å². The first-order valence-corrected chi connectivity index (χ1v) is 52.4. The van der Waals surface area contributed by atoms with E-state index >= 15 is 0 Å². The van der Waals surface area contributed by atoms with Crippen molar-refractivity contribution in [1.29, 1.82) is 0 Å². The van der Waals surface area contributed by atoms with E-state index in [0.29, 0.717) is 34.5 Å². The molecule has 4 aliphatic rings. The smallest absolute Gasteiger partial charge is 0.124 e. The Kier molecular flexibility index (Phi) is 32.9. The Bertz CT molecular complexity index is 3850. The number of fused-ring (bicyclic) bond motifs is 4. The van der Waals surface area contributed by atoms with Gasteiger partial charge in [0.05, 0.1) is 85.0 Å². The summed E-state index contributed by atoms with van der Waals surface area (Å²) < 4.78 is 11.3. The molecular formula is C65H83I5N15O4S4V2-2. The summed E-state index contributed by atoms with van der Waals surface area (Å²) in [4.78, 5) is 62.1. The first kappa shape index (κ1) is 83.3. The van der Waals surface area contributed by atoms with Gasteiger partial charge in [0.1, 0.15) is 34.5 Å². The number of nitrogens with zero attached hydrogens (tertiary/aromatic N) is 10. The minimum atomic E-state index is -0.554. The summed E-state index contributed by atoms with van der Waals surface area (Å²) in [6.07, 6.45) is 10.2. The van der Waals surface area contributed by atoms with Gasteiger partial charge in [0.25, 0.3) is 0 Å². The van der Waals surface area contributed by atoms with Gasteiger partial charge >= 0.3 is 126 Å². The Balaban J connectivity index is 0.000000307. The Hall–Kier alpha value is -2.36. The molecule has 4 fully saturated rings. The fraction of sp³-hybridized carbons (Fsp3) is 0.385. The van der Waals surface area contributed by atoms with E-state index in [1.54, 1.807) is 9.80 Å². The molecule has 4 aromatic carbocycles. The van der Waals surface area contributed by atoms with E-state index < -0.39 is 11.2 Å². The number of nitrogens with one attached hydrogen (secondary N) is 5. The van der Waals surface area contributed by atoms with Crippen LogP contribution in [0.1, 0.15) is 153 Å². The standard InChI is InChI=1S/C36H42N8O4.C27H27N7.2CH3.5HI.4H2S.2V/c1-35(2,3)47-33(45)43-17-7-9-29(43)31-37-25-13-11-21(19-27(25)39-31)23-15-16-24(42-41-23)22-12-14-26-28(20-22)40-32(38-26)30-10-8-18-44(30)34(46)48-36(4,5)6;1-2-5-16(4-1)26-29-21-9-7-17(14-24(21)31-26)19-11-12-20(34-33-19)18-8-10-22-25(15-18)32-27(30-22)23-6-3-13-28-23;;;;;;;;;;;;;/h11-16,19-20,29-30H,7-10,17-18H2,1-6H3,(H,37,39)(H,38,40);7-12,14-16,23,28H,1-6,13H2,(H,29,31)(H,30,32);2*1H3;5*1H;4*1H2;;/q;;2*-1;;;;;;;;;;+2;+3/p-5/t29-,30-;23-;;;;;;;;;;;;;/m00............./s1. The molecule has 5 N–H and O–H groups in total. The van der Waals surface area contributed by atoms with E-state index in [-0.39, 0.29) is 98.0 Å². The molecule has 6 aromatic heterocycles. The van der Waals surface area contributed by atoms with E-state index in [2.05, 4.69) is 182 Å². The summed E-state index contributed by atoms with van der Waals surface area (Å²) in [6.45, 7) is 13.6. The maximum atomic E-state index is 12.8. The number of hydrogen-bond acceptors (Lipinski definition) is 13. The van der Waals surface area contributed by atoms with Crippen LogP contribution < -0.4 is 5.32 Å². The number of carbonyl (C=O) groups is 2. The number of aromatic amines is 4. The zero-order chi connectivity index (χ0) is 62.6. The second kappa shape index (κ2) is 37.5. The van der Waals surface area contributed by atoms with Gasteiger partial charge < -0.3 is 49.6 Å². The molecule has 3 atom stereocenters. The number of benzene rings is 4. The summed E-state index contributed by atoms with van der Waals surface area (Å²) in [5.74, 6) is 4.25. The van der Waals surface area contributed by atoms with Gasteiger partial charge in [-0.25, -0.2) is 29.5 Å². The fourth-order valence-corrected chi connectivity index (χ4v) is 12.0. The van der Waals surface area contributed by atoms with Crippen LogP contribution in [0.25, 0.3) is 89.2 Å². The van der Waals surface area contributed by atoms with Gasteiger partial charge in [0, 0.05) is 41.3 Å². The van der Waals surface area contributed by atoms with Crippen LogP contribution in [0.4, 0.5) is 9.59 Å². The molecule has 3 aliphatic heterocycles. The Morgan fingerprint density at radius 1 is 0.474 bits per heavy atom. The van der Waals surface area contributed by atoms with Gasteiger partial charge in [-0.05, 0) is 172 Å². The molecule has 513 valence electrons. The Morgan fingerprint density at radius 2 is 0.789 bits per heavy atom. The van der Waals surface area contributed by atoms with Crippen molar-refractivity contribution in [2.75, 3.05) is 19.6 Å². The first-order valence-electron chi connectivity index (χ1n) is 29.9. The van der Waals surface area contributed by atoms with Crippen molar-refractivity contribution in [2.45, 2.75) is 141 Å². The average molecular weight is 2000 g/mol. The predicted octanol–water partition coefficient (Wildman–Crippen LogP) is 19.1. The Labute approximate surface area is 651 Å². The third kappa shape index (κ3) is 21.4. The summed E-state index contributed by atoms with van der Waals surface area (Å²) in [7, 11) is 0.628. The van der Waals surface area contributed by atoms with Crippen molar-refractivity contribution >= 4 is 210 Å². The van der Waals surface area contributed by atoms with Crippen LogP contribution >= 0.6 is 154 Å². The minimum Gasteiger partial charge on any atom is -0.342 e. The predicted molar refractivity (Wildman–Crippen MR) is 440 cm³/mol. The van der Waals surface area contributed by atoms with Crippen LogP contribution in [-0.4, -0.2) is 113 Å². The fourth-order valence-electron chi connectivity index (χ4n) is 12.0. The number of H-pyrrole nitrogens is 4. The maximum absolute atomic E-state index is 12.8. The molecule has 9 heterocycles. The number of amides is 2. The SMILES string of the molecule is CC(C)(C)OC(=O)N1CCC[C@H]1c1nc2ccc(-c3ccc(-c4ccc5nc([C@@H]6CCCN6C(=O)OC(C)(C)C)[nH]c5c4)nn3)cc2[nH]1.S.S.S.S.[CH3-].[CH3-].[I][V]([I])[I].[I][V][I].c1cc2nc(C3CCCC3)[nH]c2cc1-c1ccc(-c2ccc3nc([C@@H]4CCCN4)[nH]c3c2)nn1. The quantitative estimate of drug-likeness (QED) is 0.0704. The number of aromatic nitrogens is 12. The molecule has 19 nitrogen and oxygen atoms in total. The Morgan fingerprint density at radius 3 is 1.11 bits per heavy atom. The monoisotopic (exact) mass is 2000 g/mol. The second-order valence-electron chi connectivity index (χ2n) is 24.6. The zero-order valence-corrected chi connectivity index (χ0v) is 71.7. The minimum absolute atomic E-state index is 0. The van der Waals surface area contributed by atoms with Gasteiger partial charge in [0.15, 0.2) is 0 Å². The van der Waals surface area contributed by atoms with Gasteiger partial charge in [-0.15, -0.1) is 20.4 Å². The molecule has 0 radical (unpaired) electrons. The molecule has 3 saturated heterocycles. The third-order valence-corrected chi connectivity index (χ3v) is 16.0. The second-order valence-corrected chi connectivity index (χ2v) is 71.7. The van der Waals surface area contributed by atoms with Gasteiger partial charge in [-0.2, -0.15) is 54.0 Å². The summed E-state index contributed by atoms with van der Waals surface area (Å²) in [5.41, 5.74) is 13.5. The molecule has 10 aromatic rings. The van der Waals surface area contributed by atoms with E-state index in [1.807, 2.05) is 102 Å². The number of likely N-dealkylation sites (tertiary alicyclic amines) is 2. The van der Waals surface area contributed by atoms with Crippen molar-refractivity contribution in [3.63, 3.8) is 0 Å². The zero-order valence-electron chi connectivity index (χ0n) is 54.1. The average Bonchev–Trinajstić information content (AvgIpc) is 1.70. The van der Waals surface area contributed by atoms with Gasteiger partial charge in [-0.1, -0.05) is 37.1 Å². The topological polar surface area (TPSA) is 237 Å². The van der Waals surface area contributed by atoms with Gasteiger partial charge in [0.2, 0.25) is 0 Å². The van der Waals surface area contributed by atoms with Gasteiger partial charge in [-0.3, -0.25) is 9.80 Å². The molecule has 1 aliphatic carbocycles. The van der Waals surface area contributed by atoms with Crippen LogP contribution in [0.5, 0.6) is 0 Å². The van der Waals surface area contributed by atoms with E-state index in [4.69, 9.17) is 29.4 Å². The van der Waals surface area contributed by atoms with Crippen LogP contribution in [-0.2, 0) is 23.9 Å². The summed E-state index contributed by atoms with van der Waals surface area (Å²) in [6, 6.07) is 32.5. The molecule has 14 rings (SSSR count). The number of hydrogen-bond donors (Lipinski definition) is 5. The third-order valence-electron chi connectivity index (χ3n) is 16.0. The van der Waals surface area contributed by atoms with E-state index in [1.165, 1.54) is 32.1 Å². The van der Waals surface area contributed by atoms with Crippen LogP contribution in [0, 0.1) is 14.9 Å². The van der Waals surface area contributed by atoms with Crippen LogP contribution in [0.3, 0.4) is 0 Å². The molecule has 0 spiro atoms. The number of rotatable bonds is 8. The molecule has 95 heavy (non-hydrogen) atoms. The number of imidazole rings is 4. The van der Waals surface area contributed by atoms with E-state index in [0.717, 1.165) is 151 Å². The largest absolute Gasteiger partial charge is 0.342 e. The maximum Gasteiger partial charge on any atom is 0.124 e. The summed E-state index contributed by atoms with van der Waals surface area (Å²) in [5, 5.41) is 21.7. The molecule has 2 amide bonds. The van der Waals surface area contributed by atoms with Crippen molar-refractivity contribution in [3.8, 4) is 45.0 Å². The molecular weight excluding hydrogens is 1920 g/mol. The molecule has 0 unspecified atom stereocenters. The normalized spacial score (nSPS) is 16.7. The van der Waals surface area contributed by atoms with E-state index in [9.17, 15) is 9.59 Å². The summed E-state index contributed by atoms with van der Waals surface area (Å²) >= 11 is 12.1. The number of halogens is 5. The van der Waals surface area contributed by atoms with Crippen molar-refractivity contribution in [1.82, 2.24) is 75.4 Å². The van der Waals surface area contributed by atoms with Crippen molar-refractivity contribution in [2.24, 2.45) is 0 Å². The van der Waals surface area contributed by atoms with Crippen LogP contribution in [0.2, 0.25) is 0 Å². The number of ether oxygens (including phenoxy) is 2. The molecule has 1 saturated carbocycles. The molecule has 30 heteroatoms. The molecule has 0 bridgehead atoms. The van der Waals surface area contributed by atoms with Crippen LogP contribution in [0.15, 0.2) is 97.1 Å².